The molecule has 8 heteroatoms. The van der Waals surface area contributed by atoms with Gasteiger partial charge in [0.1, 0.15) is 0 Å². The third-order valence-corrected chi connectivity index (χ3v) is 4.84. The van der Waals surface area contributed by atoms with Gasteiger partial charge in [0, 0.05) is 24.2 Å². The number of halogens is 1. The van der Waals surface area contributed by atoms with Crippen molar-refractivity contribution in [3.63, 3.8) is 0 Å². The number of carbonyl (C=O) groups is 1. The van der Waals surface area contributed by atoms with Crippen molar-refractivity contribution in [2.75, 3.05) is 0 Å². The molecule has 0 aliphatic rings. The number of para-hydroxylation sites is 1. The summed E-state index contributed by atoms with van der Waals surface area (Å²) in [5, 5.41) is 11.3. The Labute approximate surface area is 145 Å². The number of nitrogens with zero attached hydrogens (tertiary/aromatic N) is 3. The van der Waals surface area contributed by atoms with Crippen LogP contribution >= 0.6 is 22.9 Å². The summed E-state index contributed by atoms with van der Waals surface area (Å²) in [6.07, 6.45) is 0. The second kappa shape index (κ2) is 6.54. The zero-order valence-electron chi connectivity index (χ0n) is 12.6. The molecule has 3 aromatic rings. The van der Waals surface area contributed by atoms with Crippen molar-refractivity contribution in [2.45, 2.75) is 13.5 Å². The Balaban J connectivity index is 2.07. The van der Waals surface area contributed by atoms with Gasteiger partial charge in [-0.25, -0.2) is 0 Å². The van der Waals surface area contributed by atoms with E-state index in [0.717, 1.165) is 10.2 Å². The van der Waals surface area contributed by atoms with E-state index in [9.17, 15) is 14.9 Å². The highest BCUT2D eigenvalue weighted by Crippen LogP contribution is 2.25. The lowest BCUT2D eigenvalue weighted by Crippen LogP contribution is -2.16. The molecule has 0 aliphatic heterocycles. The zero-order chi connectivity index (χ0) is 17.3. The molecule has 0 spiro atoms. The fourth-order valence-electron chi connectivity index (χ4n) is 2.34. The van der Waals surface area contributed by atoms with Crippen LogP contribution in [-0.2, 0) is 6.54 Å². The molecule has 0 unspecified atom stereocenters. The van der Waals surface area contributed by atoms with Crippen LogP contribution in [0.5, 0.6) is 0 Å². The minimum Gasteiger partial charge on any atom is -0.315 e. The standard InChI is InChI=1S/C16H12ClN3O3S/c1-2-19-14-12(17)4-3-5-13(14)24-16(19)18-15(21)10-6-8-11(9-7-10)20(22)23/h3-9H,2H2,1H3. The Morgan fingerprint density at radius 2 is 2.00 bits per heavy atom. The molecule has 0 atom stereocenters. The maximum absolute atomic E-state index is 12.3. The largest absolute Gasteiger partial charge is 0.315 e. The van der Waals surface area contributed by atoms with Gasteiger partial charge in [0.2, 0.25) is 0 Å². The van der Waals surface area contributed by atoms with Crippen LogP contribution in [0.3, 0.4) is 0 Å². The van der Waals surface area contributed by atoms with Gasteiger partial charge in [-0.05, 0) is 31.2 Å². The van der Waals surface area contributed by atoms with Crippen molar-refractivity contribution < 1.29 is 9.72 Å². The Kier molecular flexibility index (Phi) is 4.46. The summed E-state index contributed by atoms with van der Waals surface area (Å²) in [6.45, 7) is 2.57. The van der Waals surface area contributed by atoms with E-state index >= 15 is 0 Å². The highest BCUT2D eigenvalue weighted by atomic mass is 35.5. The van der Waals surface area contributed by atoms with E-state index in [1.165, 1.54) is 35.6 Å². The van der Waals surface area contributed by atoms with Crippen LogP contribution in [0.4, 0.5) is 5.69 Å². The topological polar surface area (TPSA) is 77.5 Å². The van der Waals surface area contributed by atoms with Gasteiger partial charge in [-0.1, -0.05) is 29.0 Å². The number of aromatic nitrogens is 1. The third-order valence-electron chi connectivity index (χ3n) is 3.49. The van der Waals surface area contributed by atoms with Crippen molar-refractivity contribution in [3.05, 3.63) is 68.0 Å². The van der Waals surface area contributed by atoms with E-state index in [2.05, 4.69) is 4.99 Å². The second-order valence-corrected chi connectivity index (χ2v) is 6.35. The number of non-ortho nitro benzene ring substituents is 1. The molecule has 2 aromatic carbocycles. The number of fused-ring (bicyclic) bond motifs is 1. The third kappa shape index (κ3) is 2.95. The summed E-state index contributed by atoms with van der Waals surface area (Å²) in [6, 6.07) is 11.0. The zero-order valence-corrected chi connectivity index (χ0v) is 14.2. The van der Waals surface area contributed by atoms with E-state index in [1.807, 2.05) is 23.6 Å². The highest BCUT2D eigenvalue weighted by molar-refractivity contribution is 7.16. The molecule has 1 amide bonds. The number of aryl methyl sites for hydroxylation is 1. The Hall–Kier alpha value is -2.51. The number of thiazole rings is 1. The number of nitro groups is 1. The smallest absolute Gasteiger partial charge is 0.279 e. The fraction of sp³-hybridized carbons (Fsp3) is 0.125. The first-order valence-corrected chi connectivity index (χ1v) is 8.32. The Morgan fingerprint density at radius 1 is 1.29 bits per heavy atom. The van der Waals surface area contributed by atoms with Gasteiger partial charge in [0.25, 0.3) is 11.6 Å². The predicted octanol–water partition coefficient (Wildman–Crippen LogP) is 4.03. The summed E-state index contributed by atoms with van der Waals surface area (Å²) in [5.41, 5.74) is 1.08. The molecular formula is C16H12ClN3O3S. The molecule has 0 saturated heterocycles. The summed E-state index contributed by atoms with van der Waals surface area (Å²) >= 11 is 7.63. The second-order valence-electron chi connectivity index (χ2n) is 4.94. The van der Waals surface area contributed by atoms with Crippen LogP contribution in [0, 0.1) is 10.1 Å². The van der Waals surface area contributed by atoms with Crippen LogP contribution < -0.4 is 4.80 Å². The number of nitro benzene ring substituents is 1. The van der Waals surface area contributed by atoms with E-state index < -0.39 is 10.8 Å². The van der Waals surface area contributed by atoms with Gasteiger partial charge in [0.15, 0.2) is 4.80 Å². The number of carbonyl (C=O) groups excluding carboxylic acids is 1. The quantitative estimate of drug-likeness (QED) is 0.522. The Bertz CT molecular complexity index is 1010. The van der Waals surface area contributed by atoms with Gasteiger partial charge in [-0.15, -0.1) is 0 Å². The van der Waals surface area contributed by atoms with Gasteiger partial charge in [-0.2, -0.15) is 4.99 Å². The molecule has 0 fully saturated rings. The first-order chi connectivity index (χ1) is 11.5. The highest BCUT2D eigenvalue weighted by Gasteiger charge is 2.12. The minimum absolute atomic E-state index is 0.0659. The van der Waals surface area contributed by atoms with Crippen molar-refractivity contribution in [3.8, 4) is 0 Å². The number of benzene rings is 2. The molecule has 0 radical (unpaired) electrons. The average molecular weight is 362 g/mol. The van der Waals surface area contributed by atoms with E-state index in [-0.39, 0.29) is 5.69 Å². The number of hydrogen-bond donors (Lipinski definition) is 0. The van der Waals surface area contributed by atoms with E-state index in [1.54, 1.807) is 6.07 Å². The van der Waals surface area contributed by atoms with Crippen molar-refractivity contribution in [2.24, 2.45) is 4.99 Å². The molecule has 0 N–H and O–H groups in total. The van der Waals surface area contributed by atoms with Gasteiger partial charge < -0.3 is 4.57 Å². The van der Waals surface area contributed by atoms with Crippen molar-refractivity contribution >= 4 is 44.7 Å². The maximum atomic E-state index is 12.3. The normalized spacial score (nSPS) is 11.8. The molecule has 24 heavy (non-hydrogen) atoms. The molecule has 0 aliphatic carbocycles. The lowest BCUT2D eigenvalue weighted by atomic mass is 10.2. The van der Waals surface area contributed by atoms with Crippen LogP contribution in [-0.4, -0.2) is 15.4 Å². The van der Waals surface area contributed by atoms with Crippen molar-refractivity contribution in [1.29, 1.82) is 0 Å². The lowest BCUT2D eigenvalue weighted by Gasteiger charge is -2.01. The number of rotatable bonds is 3. The van der Waals surface area contributed by atoms with E-state index in [0.29, 0.717) is 21.9 Å². The fourth-order valence-corrected chi connectivity index (χ4v) is 3.79. The average Bonchev–Trinajstić information content (AvgIpc) is 2.93. The molecule has 0 saturated carbocycles. The first-order valence-electron chi connectivity index (χ1n) is 7.12. The summed E-state index contributed by atoms with van der Waals surface area (Å²) in [4.78, 5) is 27.2. The van der Waals surface area contributed by atoms with Crippen LogP contribution in [0.2, 0.25) is 5.02 Å². The molecule has 3 rings (SSSR count). The molecule has 0 bridgehead atoms. The monoisotopic (exact) mass is 361 g/mol. The number of amides is 1. The Morgan fingerprint density at radius 3 is 2.62 bits per heavy atom. The van der Waals surface area contributed by atoms with Gasteiger partial charge in [-0.3, -0.25) is 14.9 Å². The van der Waals surface area contributed by atoms with Gasteiger partial charge in [0.05, 0.1) is 20.2 Å². The SMILES string of the molecule is CCn1c(=NC(=O)c2ccc([N+](=O)[O-])cc2)sc2cccc(Cl)c21. The van der Waals surface area contributed by atoms with Crippen LogP contribution in [0.25, 0.3) is 10.2 Å². The predicted molar refractivity (Wildman–Crippen MR) is 93.5 cm³/mol. The molecular weight excluding hydrogens is 350 g/mol. The number of hydrogen-bond acceptors (Lipinski definition) is 4. The van der Waals surface area contributed by atoms with Crippen molar-refractivity contribution in [1.82, 2.24) is 4.57 Å². The minimum atomic E-state index is -0.509. The van der Waals surface area contributed by atoms with Crippen LogP contribution in [0.1, 0.15) is 17.3 Å². The van der Waals surface area contributed by atoms with E-state index in [4.69, 9.17) is 11.6 Å². The summed E-state index contributed by atoms with van der Waals surface area (Å²) in [7, 11) is 0. The molecule has 1 heterocycles. The summed E-state index contributed by atoms with van der Waals surface area (Å²) in [5.74, 6) is -0.449. The summed E-state index contributed by atoms with van der Waals surface area (Å²) < 4.78 is 2.82. The molecule has 122 valence electrons. The maximum Gasteiger partial charge on any atom is 0.279 e. The molecule has 1 aromatic heterocycles. The first kappa shape index (κ1) is 16.4. The molecule has 6 nitrogen and oxygen atoms in total. The van der Waals surface area contributed by atoms with Gasteiger partial charge >= 0.3 is 0 Å². The van der Waals surface area contributed by atoms with Crippen LogP contribution in [0.15, 0.2) is 47.5 Å². The lowest BCUT2D eigenvalue weighted by molar-refractivity contribution is -0.384.